The van der Waals surface area contributed by atoms with Crippen molar-refractivity contribution in [2.45, 2.75) is 13.0 Å². The molecule has 1 aliphatic heterocycles. The number of hydrogen-bond acceptors (Lipinski definition) is 5. The summed E-state index contributed by atoms with van der Waals surface area (Å²) in [7, 11) is 0. The van der Waals surface area contributed by atoms with Crippen LogP contribution in [-0.4, -0.2) is 15.9 Å². The Morgan fingerprint density at radius 2 is 2.16 bits per heavy atom. The molecule has 0 aliphatic carbocycles. The molecule has 1 aliphatic rings. The molecule has 0 saturated carbocycles. The highest BCUT2D eigenvalue weighted by molar-refractivity contribution is 7.80. The molecule has 1 amide bonds. The summed E-state index contributed by atoms with van der Waals surface area (Å²) < 4.78 is 0. The van der Waals surface area contributed by atoms with E-state index in [0.717, 1.165) is 4.88 Å². The second-order valence-corrected chi connectivity index (χ2v) is 6.73. The third kappa shape index (κ3) is 3.67. The molecule has 0 bridgehead atoms. The van der Waals surface area contributed by atoms with Crippen molar-refractivity contribution < 1.29 is 9.72 Å². The Labute approximate surface area is 152 Å². The van der Waals surface area contributed by atoms with Gasteiger partial charge >= 0.3 is 0 Å². The summed E-state index contributed by atoms with van der Waals surface area (Å²) in [5.74, 6) is -0.348. The van der Waals surface area contributed by atoms with Gasteiger partial charge in [0.05, 0.1) is 16.5 Å². The molecule has 2 heterocycles. The summed E-state index contributed by atoms with van der Waals surface area (Å²) in [6.07, 6.45) is 0. The van der Waals surface area contributed by atoms with Crippen molar-refractivity contribution in [2.24, 2.45) is 0 Å². The van der Waals surface area contributed by atoms with E-state index in [1.807, 2.05) is 17.5 Å². The van der Waals surface area contributed by atoms with Crippen LogP contribution in [0.15, 0.2) is 53.0 Å². The number of nitrogens with zero attached hydrogens (tertiary/aromatic N) is 1. The van der Waals surface area contributed by atoms with E-state index in [9.17, 15) is 14.9 Å². The number of thiocarbonyl (C=S) groups is 1. The first-order valence-electron chi connectivity index (χ1n) is 7.33. The van der Waals surface area contributed by atoms with Gasteiger partial charge in [-0.15, -0.1) is 11.3 Å². The molecule has 1 aromatic heterocycles. The summed E-state index contributed by atoms with van der Waals surface area (Å²) in [4.78, 5) is 24.1. The zero-order chi connectivity index (χ0) is 18.0. The SMILES string of the molecule is CC1=C(C(=O)Nc2cccc([N+](=O)[O-])c2)C(c2cccs2)NC(=S)N1. The molecule has 9 heteroatoms. The number of hydrogen-bond donors (Lipinski definition) is 3. The number of amides is 1. The fraction of sp³-hybridized carbons (Fsp3) is 0.125. The number of non-ortho nitro benzene ring substituents is 1. The van der Waals surface area contributed by atoms with Crippen LogP contribution in [0, 0.1) is 10.1 Å². The lowest BCUT2D eigenvalue weighted by atomic mass is 10.0. The van der Waals surface area contributed by atoms with Crippen molar-refractivity contribution in [1.29, 1.82) is 0 Å². The van der Waals surface area contributed by atoms with Gasteiger partial charge in [0.2, 0.25) is 0 Å². The lowest BCUT2D eigenvalue weighted by Crippen LogP contribution is -2.45. The van der Waals surface area contributed by atoms with Crippen LogP contribution in [-0.2, 0) is 4.79 Å². The van der Waals surface area contributed by atoms with Gasteiger partial charge < -0.3 is 16.0 Å². The van der Waals surface area contributed by atoms with Gasteiger partial charge in [-0.1, -0.05) is 12.1 Å². The van der Waals surface area contributed by atoms with Crippen LogP contribution < -0.4 is 16.0 Å². The quantitative estimate of drug-likeness (QED) is 0.432. The summed E-state index contributed by atoms with van der Waals surface area (Å²) in [6.45, 7) is 1.77. The van der Waals surface area contributed by atoms with E-state index in [1.54, 1.807) is 13.0 Å². The second-order valence-electron chi connectivity index (χ2n) is 5.35. The maximum atomic E-state index is 12.8. The molecular formula is C16H14N4O3S2. The number of nitro groups is 1. The van der Waals surface area contributed by atoms with Crippen molar-refractivity contribution >= 4 is 45.9 Å². The summed E-state index contributed by atoms with van der Waals surface area (Å²) in [5, 5.41) is 22.0. The highest BCUT2D eigenvalue weighted by Gasteiger charge is 2.30. The fourth-order valence-corrected chi connectivity index (χ4v) is 3.61. The van der Waals surface area contributed by atoms with Crippen LogP contribution in [0.5, 0.6) is 0 Å². The minimum absolute atomic E-state index is 0.0839. The first-order valence-corrected chi connectivity index (χ1v) is 8.62. The van der Waals surface area contributed by atoms with Gasteiger partial charge in [-0.2, -0.15) is 0 Å². The molecule has 3 rings (SSSR count). The molecule has 1 aromatic carbocycles. The second kappa shape index (κ2) is 6.99. The Balaban J connectivity index is 1.91. The minimum atomic E-state index is -0.503. The predicted molar refractivity (Wildman–Crippen MR) is 100 cm³/mol. The normalized spacial score (nSPS) is 16.8. The number of nitrogens with one attached hydrogen (secondary N) is 3. The highest BCUT2D eigenvalue weighted by Crippen LogP contribution is 2.30. The van der Waals surface area contributed by atoms with Crippen LogP contribution in [0.4, 0.5) is 11.4 Å². The minimum Gasteiger partial charge on any atom is -0.350 e. The monoisotopic (exact) mass is 374 g/mol. The summed E-state index contributed by atoms with van der Waals surface area (Å²) >= 11 is 6.70. The van der Waals surface area contributed by atoms with E-state index >= 15 is 0 Å². The van der Waals surface area contributed by atoms with Crippen molar-refractivity contribution in [3.63, 3.8) is 0 Å². The number of rotatable bonds is 4. The van der Waals surface area contributed by atoms with E-state index in [4.69, 9.17) is 12.2 Å². The average Bonchev–Trinajstić information content (AvgIpc) is 3.08. The standard InChI is InChI=1S/C16H14N4O3S2/c1-9-13(14(19-16(24)17-9)12-6-3-7-25-12)15(21)18-10-4-2-5-11(8-10)20(22)23/h2-8,14H,1H3,(H,18,21)(H2,17,19,24). The third-order valence-corrected chi connectivity index (χ3v) is 4.81. The Hall–Kier alpha value is -2.78. The van der Waals surface area contributed by atoms with Crippen LogP contribution in [0.2, 0.25) is 0 Å². The average molecular weight is 374 g/mol. The zero-order valence-corrected chi connectivity index (χ0v) is 14.7. The van der Waals surface area contributed by atoms with Gasteiger partial charge in [-0.05, 0) is 36.7 Å². The van der Waals surface area contributed by atoms with Crippen molar-refractivity contribution in [2.75, 3.05) is 5.32 Å². The van der Waals surface area contributed by atoms with Gasteiger partial charge in [-0.3, -0.25) is 14.9 Å². The van der Waals surface area contributed by atoms with E-state index in [0.29, 0.717) is 22.1 Å². The van der Waals surface area contributed by atoms with Crippen LogP contribution in [0.3, 0.4) is 0 Å². The molecule has 0 saturated heterocycles. The molecule has 0 spiro atoms. The molecule has 25 heavy (non-hydrogen) atoms. The van der Waals surface area contributed by atoms with E-state index in [-0.39, 0.29) is 17.6 Å². The first kappa shape index (κ1) is 17.1. The number of allylic oxidation sites excluding steroid dienone is 1. The molecule has 128 valence electrons. The maximum absolute atomic E-state index is 12.8. The number of carbonyl (C=O) groups excluding carboxylic acids is 1. The molecule has 1 unspecified atom stereocenters. The number of benzene rings is 1. The fourth-order valence-electron chi connectivity index (χ4n) is 2.56. The third-order valence-electron chi connectivity index (χ3n) is 3.66. The zero-order valence-electron chi connectivity index (χ0n) is 13.1. The van der Waals surface area contributed by atoms with Gasteiger partial charge in [0.15, 0.2) is 5.11 Å². The first-order chi connectivity index (χ1) is 12.0. The molecular weight excluding hydrogens is 360 g/mol. The van der Waals surface area contributed by atoms with Crippen LogP contribution in [0.25, 0.3) is 0 Å². The van der Waals surface area contributed by atoms with Gasteiger partial charge in [0, 0.05) is 28.4 Å². The number of anilines is 1. The molecule has 3 N–H and O–H groups in total. The largest absolute Gasteiger partial charge is 0.350 e. The lowest BCUT2D eigenvalue weighted by molar-refractivity contribution is -0.384. The van der Waals surface area contributed by atoms with Crippen molar-refractivity contribution in [3.8, 4) is 0 Å². The number of thiophene rings is 1. The van der Waals surface area contributed by atoms with E-state index < -0.39 is 4.92 Å². The molecule has 7 nitrogen and oxygen atoms in total. The van der Waals surface area contributed by atoms with E-state index in [2.05, 4.69) is 16.0 Å². The number of carbonyl (C=O) groups is 1. The molecule has 0 fully saturated rings. The summed E-state index contributed by atoms with van der Waals surface area (Å²) in [5.41, 5.74) is 1.41. The molecule has 0 radical (unpaired) electrons. The predicted octanol–water partition coefficient (Wildman–Crippen LogP) is 3.09. The number of nitro benzene ring substituents is 1. The van der Waals surface area contributed by atoms with Crippen molar-refractivity contribution in [1.82, 2.24) is 10.6 Å². The van der Waals surface area contributed by atoms with Crippen LogP contribution in [0.1, 0.15) is 17.8 Å². The van der Waals surface area contributed by atoms with Crippen molar-refractivity contribution in [3.05, 3.63) is 68.0 Å². The smallest absolute Gasteiger partial charge is 0.271 e. The van der Waals surface area contributed by atoms with Gasteiger partial charge in [0.1, 0.15) is 0 Å². The highest BCUT2D eigenvalue weighted by atomic mass is 32.1. The Bertz CT molecular complexity index is 877. The Morgan fingerprint density at radius 1 is 1.36 bits per heavy atom. The lowest BCUT2D eigenvalue weighted by Gasteiger charge is -2.29. The van der Waals surface area contributed by atoms with E-state index in [1.165, 1.54) is 29.5 Å². The Morgan fingerprint density at radius 3 is 2.84 bits per heavy atom. The topological polar surface area (TPSA) is 96.3 Å². The van der Waals surface area contributed by atoms with Crippen LogP contribution >= 0.6 is 23.6 Å². The molecule has 2 aromatic rings. The Kier molecular flexibility index (Phi) is 4.77. The van der Waals surface area contributed by atoms with Gasteiger partial charge in [0.25, 0.3) is 11.6 Å². The van der Waals surface area contributed by atoms with Gasteiger partial charge in [-0.25, -0.2) is 0 Å². The maximum Gasteiger partial charge on any atom is 0.271 e. The molecule has 1 atom stereocenters. The summed E-state index contributed by atoms with van der Waals surface area (Å²) in [6, 6.07) is 9.28.